The smallest absolute Gasteiger partial charge is 0.240 e. The number of nitrogens with two attached hydrogens (primary N) is 1. The van der Waals surface area contributed by atoms with E-state index in [1.54, 1.807) is 6.20 Å². The van der Waals surface area contributed by atoms with Gasteiger partial charge in [0.1, 0.15) is 6.04 Å². The lowest BCUT2D eigenvalue weighted by Crippen LogP contribution is -2.48. The molecule has 5 nitrogen and oxygen atoms in total. The largest absolute Gasteiger partial charge is 0.368 e. The molecule has 0 fully saturated rings. The third-order valence-corrected chi connectivity index (χ3v) is 3.17. The van der Waals surface area contributed by atoms with E-state index in [1.807, 2.05) is 32.9 Å². The molecule has 1 aromatic heterocycles. The van der Waals surface area contributed by atoms with E-state index in [9.17, 15) is 9.59 Å². The van der Waals surface area contributed by atoms with Crippen molar-refractivity contribution in [2.24, 2.45) is 11.7 Å². The van der Waals surface area contributed by atoms with Gasteiger partial charge in [0.2, 0.25) is 11.8 Å². The number of pyridine rings is 1. The fourth-order valence-corrected chi connectivity index (χ4v) is 1.74. The molecule has 0 saturated carbocycles. The monoisotopic (exact) mass is 263 g/mol. The van der Waals surface area contributed by atoms with Gasteiger partial charge < -0.3 is 11.1 Å². The molecular formula is C14H21N3O2. The van der Waals surface area contributed by atoms with E-state index in [0.717, 1.165) is 17.7 Å². The Labute approximate surface area is 113 Å². The zero-order valence-corrected chi connectivity index (χ0v) is 11.6. The van der Waals surface area contributed by atoms with Gasteiger partial charge in [-0.05, 0) is 24.5 Å². The van der Waals surface area contributed by atoms with Crippen molar-refractivity contribution in [1.82, 2.24) is 10.3 Å². The maximum absolute atomic E-state index is 11.9. The minimum absolute atomic E-state index is 0.0255. The van der Waals surface area contributed by atoms with Crippen LogP contribution in [0.15, 0.2) is 18.3 Å². The highest BCUT2D eigenvalue weighted by Crippen LogP contribution is 2.08. The number of amides is 2. The number of hydrogen-bond acceptors (Lipinski definition) is 3. The lowest BCUT2D eigenvalue weighted by Gasteiger charge is -2.21. The summed E-state index contributed by atoms with van der Waals surface area (Å²) in [6.45, 7) is 5.73. The summed E-state index contributed by atoms with van der Waals surface area (Å²) in [5.74, 6) is -0.683. The van der Waals surface area contributed by atoms with Crippen LogP contribution in [-0.2, 0) is 16.0 Å². The molecule has 0 aromatic carbocycles. The zero-order valence-electron chi connectivity index (χ0n) is 11.6. The first-order chi connectivity index (χ1) is 8.93. The molecule has 1 heterocycles. The average molecular weight is 263 g/mol. The highest BCUT2D eigenvalue weighted by Gasteiger charge is 2.23. The lowest BCUT2D eigenvalue weighted by molar-refractivity contribution is -0.128. The van der Waals surface area contributed by atoms with Crippen molar-refractivity contribution in [2.45, 2.75) is 39.7 Å². The third-order valence-electron chi connectivity index (χ3n) is 3.17. The van der Waals surface area contributed by atoms with Crippen LogP contribution in [0.5, 0.6) is 0 Å². The average Bonchev–Trinajstić information content (AvgIpc) is 2.37. The molecule has 0 aliphatic heterocycles. The first-order valence-electron chi connectivity index (χ1n) is 6.44. The predicted octanol–water partition coefficient (Wildman–Crippen LogP) is 0.949. The van der Waals surface area contributed by atoms with Crippen LogP contribution in [0.1, 0.15) is 31.5 Å². The van der Waals surface area contributed by atoms with Crippen LogP contribution in [0, 0.1) is 12.8 Å². The van der Waals surface area contributed by atoms with Gasteiger partial charge in [-0.15, -0.1) is 0 Å². The van der Waals surface area contributed by atoms with Gasteiger partial charge in [-0.3, -0.25) is 14.6 Å². The van der Waals surface area contributed by atoms with Gasteiger partial charge >= 0.3 is 0 Å². The second-order valence-electron chi connectivity index (χ2n) is 4.82. The van der Waals surface area contributed by atoms with Crippen LogP contribution in [-0.4, -0.2) is 22.8 Å². The van der Waals surface area contributed by atoms with Crippen molar-refractivity contribution in [1.29, 1.82) is 0 Å². The second-order valence-corrected chi connectivity index (χ2v) is 4.82. The number of rotatable bonds is 6. The van der Waals surface area contributed by atoms with Crippen LogP contribution in [0.2, 0.25) is 0 Å². The zero-order chi connectivity index (χ0) is 14.4. The molecule has 0 saturated heterocycles. The first kappa shape index (κ1) is 15.1. The van der Waals surface area contributed by atoms with Crippen molar-refractivity contribution < 1.29 is 9.59 Å². The Kier molecular flexibility index (Phi) is 5.48. The Morgan fingerprint density at radius 2 is 2.11 bits per heavy atom. The minimum Gasteiger partial charge on any atom is -0.368 e. The Morgan fingerprint density at radius 3 is 2.58 bits per heavy atom. The molecule has 104 valence electrons. The highest BCUT2D eigenvalue weighted by molar-refractivity contribution is 5.87. The van der Waals surface area contributed by atoms with Crippen LogP contribution in [0.25, 0.3) is 0 Å². The van der Waals surface area contributed by atoms with E-state index in [4.69, 9.17) is 5.73 Å². The first-order valence-corrected chi connectivity index (χ1v) is 6.44. The summed E-state index contributed by atoms with van der Waals surface area (Å²) < 4.78 is 0. The molecular weight excluding hydrogens is 242 g/mol. The summed E-state index contributed by atoms with van der Waals surface area (Å²) in [7, 11) is 0. The molecule has 0 aliphatic carbocycles. The molecule has 1 aromatic rings. The summed E-state index contributed by atoms with van der Waals surface area (Å²) in [5.41, 5.74) is 7.03. The lowest BCUT2D eigenvalue weighted by atomic mass is 9.98. The molecule has 0 radical (unpaired) electrons. The van der Waals surface area contributed by atoms with Crippen molar-refractivity contribution in [3.8, 4) is 0 Å². The van der Waals surface area contributed by atoms with Crippen molar-refractivity contribution in [3.05, 3.63) is 29.6 Å². The minimum atomic E-state index is -0.615. The maximum Gasteiger partial charge on any atom is 0.240 e. The third kappa shape index (κ3) is 4.69. The van der Waals surface area contributed by atoms with Crippen LogP contribution in [0.3, 0.4) is 0 Å². The number of nitrogens with zero attached hydrogens (tertiary/aromatic N) is 1. The van der Waals surface area contributed by atoms with E-state index in [1.165, 1.54) is 0 Å². The van der Waals surface area contributed by atoms with Crippen molar-refractivity contribution in [3.63, 3.8) is 0 Å². The summed E-state index contributed by atoms with van der Waals surface area (Å²) in [6, 6.07) is 3.09. The molecule has 0 spiro atoms. The van der Waals surface area contributed by atoms with Crippen LogP contribution >= 0.6 is 0 Å². The fourth-order valence-electron chi connectivity index (χ4n) is 1.74. The molecule has 5 heteroatoms. The Balaban J connectivity index is 2.62. The normalized spacial score (nSPS) is 13.6. The predicted molar refractivity (Wildman–Crippen MR) is 73.3 cm³/mol. The molecule has 1 rings (SSSR count). The van der Waals surface area contributed by atoms with Gasteiger partial charge in [0.15, 0.2) is 0 Å². The number of primary amides is 1. The Hall–Kier alpha value is -1.91. The van der Waals surface area contributed by atoms with E-state index in [0.29, 0.717) is 0 Å². The number of carbonyl (C=O) groups excluding carboxylic acids is 2. The van der Waals surface area contributed by atoms with Crippen molar-refractivity contribution >= 4 is 11.8 Å². The summed E-state index contributed by atoms with van der Waals surface area (Å²) >= 11 is 0. The molecule has 2 amide bonds. The Bertz CT molecular complexity index is 443. The van der Waals surface area contributed by atoms with Gasteiger partial charge in [0, 0.05) is 11.9 Å². The van der Waals surface area contributed by atoms with Crippen LogP contribution < -0.4 is 11.1 Å². The molecule has 0 aliphatic rings. The SMILES string of the molecule is CCC(C)C(NC(=O)Cc1ccc(C)nc1)C(N)=O. The molecule has 0 bridgehead atoms. The van der Waals surface area contributed by atoms with Gasteiger partial charge in [-0.1, -0.05) is 26.3 Å². The van der Waals surface area contributed by atoms with E-state index < -0.39 is 11.9 Å². The molecule has 2 atom stereocenters. The summed E-state index contributed by atoms with van der Waals surface area (Å²) in [6.07, 6.45) is 2.64. The number of nitrogens with one attached hydrogen (secondary N) is 1. The number of aromatic nitrogens is 1. The Morgan fingerprint density at radius 1 is 1.42 bits per heavy atom. The summed E-state index contributed by atoms with van der Waals surface area (Å²) in [5, 5.41) is 2.69. The quantitative estimate of drug-likeness (QED) is 0.801. The summed E-state index contributed by atoms with van der Waals surface area (Å²) in [4.78, 5) is 27.3. The van der Waals surface area contributed by atoms with Crippen LogP contribution in [0.4, 0.5) is 0 Å². The van der Waals surface area contributed by atoms with Gasteiger partial charge in [-0.25, -0.2) is 0 Å². The van der Waals surface area contributed by atoms with Gasteiger partial charge in [0.05, 0.1) is 6.42 Å². The fraction of sp³-hybridized carbons (Fsp3) is 0.500. The second kappa shape index (κ2) is 6.87. The number of hydrogen-bond donors (Lipinski definition) is 2. The van der Waals surface area contributed by atoms with Gasteiger partial charge in [0.25, 0.3) is 0 Å². The maximum atomic E-state index is 11.9. The number of carbonyl (C=O) groups is 2. The van der Waals surface area contributed by atoms with E-state index in [-0.39, 0.29) is 18.2 Å². The topological polar surface area (TPSA) is 85.1 Å². The number of aryl methyl sites for hydroxylation is 1. The molecule has 3 N–H and O–H groups in total. The highest BCUT2D eigenvalue weighted by atomic mass is 16.2. The molecule has 19 heavy (non-hydrogen) atoms. The van der Waals surface area contributed by atoms with E-state index in [2.05, 4.69) is 10.3 Å². The van der Waals surface area contributed by atoms with Crippen molar-refractivity contribution in [2.75, 3.05) is 0 Å². The van der Waals surface area contributed by atoms with Gasteiger partial charge in [-0.2, -0.15) is 0 Å². The van der Waals surface area contributed by atoms with E-state index >= 15 is 0 Å². The molecule has 2 unspecified atom stereocenters. The standard InChI is InChI=1S/C14H21N3O2/c1-4-9(2)13(14(15)19)17-12(18)7-11-6-5-10(3)16-8-11/h5-6,8-9,13H,4,7H2,1-3H3,(H2,15,19)(H,17,18).